The molecule has 0 bridgehead atoms. The molecule has 77 valence electrons. The van der Waals surface area contributed by atoms with Gasteiger partial charge in [-0.1, -0.05) is 54.1 Å². The van der Waals surface area contributed by atoms with E-state index in [1.807, 2.05) is 36.4 Å². The number of rotatable bonds is 0. The molecule has 16 heavy (non-hydrogen) atoms. The minimum Gasteiger partial charge on any atom is -0.0830 e. The largest absolute Gasteiger partial charge is 0.0830 e. The van der Waals surface area contributed by atoms with Crippen molar-refractivity contribution in [1.29, 1.82) is 0 Å². The zero-order chi connectivity index (χ0) is 11.1. The molecule has 0 aliphatic carbocycles. The van der Waals surface area contributed by atoms with E-state index >= 15 is 0 Å². The minimum absolute atomic E-state index is 0.818. The zero-order valence-corrected chi connectivity index (χ0v) is 9.46. The van der Waals surface area contributed by atoms with Crippen molar-refractivity contribution in [2.45, 2.75) is 0 Å². The number of hydrogen-bond acceptors (Lipinski definition) is 0. The molecule has 3 rings (SSSR count). The summed E-state index contributed by atoms with van der Waals surface area (Å²) in [5, 5.41) is 5.29. The van der Waals surface area contributed by atoms with E-state index < -0.39 is 0 Å². The van der Waals surface area contributed by atoms with Crippen LogP contribution in [-0.2, 0) is 0 Å². The molecule has 0 fully saturated rings. The summed E-state index contributed by atoms with van der Waals surface area (Å²) >= 11 is 6.42. The third kappa shape index (κ3) is 1.30. The van der Waals surface area contributed by atoms with Gasteiger partial charge in [-0.2, -0.15) is 0 Å². The fourth-order valence-corrected chi connectivity index (χ4v) is 2.44. The Morgan fingerprint density at radius 2 is 1.56 bits per heavy atom. The summed E-state index contributed by atoms with van der Waals surface area (Å²) < 4.78 is 0. The normalized spacial score (nSPS) is 11.1. The topological polar surface area (TPSA) is 0 Å². The van der Waals surface area contributed by atoms with Gasteiger partial charge in [-0.05, 0) is 29.3 Å². The molecular weight excluding hydrogens is 216 g/mol. The first-order valence-electron chi connectivity index (χ1n) is 5.19. The molecule has 0 amide bonds. The number of benzene rings is 3. The molecule has 3 aromatic carbocycles. The maximum absolute atomic E-state index is 6.42. The number of fused-ring (bicyclic) bond motifs is 2. The van der Waals surface area contributed by atoms with E-state index in [-0.39, 0.29) is 0 Å². The summed E-state index contributed by atoms with van der Waals surface area (Å²) in [5.41, 5.74) is 1.02. The molecule has 0 nitrogen and oxygen atoms in total. The average Bonchev–Trinajstić information content (AvgIpc) is 2.31. The molecular formula is C15H10Cl. The van der Waals surface area contributed by atoms with Crippen molar-refractivity contribution in [3.8, 4) is 0 Å². The smallest absolute Gasteiger partial charge is 0.0562 e. The van der Waals surface area contributed by atoms with Gasteiger partial charge < -0.3 is 0 Å². The SMILES string of the molecule is [CH2]c1cccc2c(Cl)c3ccccc3cc12. The van der Waals surface area contributed by atoms with Crippen LogP contribution in [0, 0.1) is 6.92 Å². The summed E-state index contributed by atoms with van der Waals surface area (Å²) in [6, 6.07) is 16.3. The third-order valence-electron chi connectivity index (χ3n) is 2.93. The molecule has 1 heteroatoms. The van der Waals surface area contributed by atoms with Gasteiger partial charge in [0.05, 0.1) is 5.02 Å². The van der Waals surface area contributed by atoms with E-state index in [1.54, 1.807) is 0 Å². The van der Waals surface area contributed by atoms with Gasteiger partial charge >= 0.3 is 0 Å². The zero-order valence-electron chi connectivity index (χ0n) is 8.70. The second-order valence-electron chi connectivity index (χ2n) is 3.92. The average molecular weight is 226 g/mol. The van der Waals surface area contributed by atoms with Gasteiger partial charge in [0.25, 0.3) is 0 Å². The van der Waals surface area contributed by atoms with E-state index in [2.05, 4.69) is 19.1 Å². The van der Waals surface area contributed by atoms with Crippen LogP contribution in [0.5, 0.6) is 0 Å². The van der Waals surface area contributed by atoms with Crippen molar-refractivity contribution in [1.82, 2.24) is 0 Å². The molecule has 0 N–H and O–H groups in total. The van der Waals surface area contributed by atoms with Crippen LogP contribution >= 0.6 is 11.6 Å². The second-order valence-corrected chi connectivity index (χ2v) is 4.30. The van der Waals surface area contributed by atoms with Crippen molar-refractivity contribution in [3.63, 3.8) is 0 Å². The Bertz CT molecular complexity index is 683. The highest BCUT2D eigenvalue weighted by Gasteiger charge is 2.05. The molecule has 0 spiro atoms. The molecule has 0 unspecified atom stereocenters. The Morgan fingerprint density at radius 1 is 0.812 bits per heavy atom. The number of halogens is 1. The van der Waals surface area contributed by atoms with Crippen LogP contribution in [0.15, 0.2) is 48.5 Å². The molecule has 0 saturated carbocycles. The minimum atomic E-state index is 0.818. The molecule has 1 radical (unpaired) electrons. The quantitative estimate of drug-likeness (QED) is 0.481. The monoisotopic (exact) mass is 225 g/mol. The van der Waals surface area contributed by atoms with E-state index in [9.17, 15) is 0 Å². The van der Waals surface area contributed by atoms with Crippen LogP contribution in [0.3, 0.4) is 0 Å². The number of hydrogen-bond donors (Lipinski definition) is 0. The molecule has 3 aromatic rings. The van der Waals surface area contributed by atoms with Crippen LogP contribution in [0.1, 0.15) is 5.56 Å². The van der Waals surface area contributed by atoms with Crippen LogP contribution in [0.25, 0.3) is 21.5 Å². The summed E-state index contributed by atoms with van der Waals surface area (Å²) in [7, 11) is 0. The van der Waals surface area contributed by atoms with Crippen molar-refractivity contribution < 1.29 is 0 Å². The molecule has 0 aliphatic rings. The lowest BCUT2D eigenvalue weighted by molar-refractivity contribution is 1.69. The Morgan fingerprint density at radius 3 is 2.44 bits per heavy atom. The first-order valence-corrected chi connectivity index (χ1v) is 5.57. The van der Waals surface area contributed by atoms with Crippen LogP contribution in [0.4, 0.5) is 0 Å². The first kappa shape index (κ1) is 9.68. The maximum Gasteiger partial charge on any atom is 0.0562 e. The van der Waals surface area contributed by atoms with E-state index in [1.165, 1.54) is 0 Å². The van der Waals surface area contributed by atoms with Crippen LogP contribution in [-0.4, -0.2) is 0 Å². The second kappa shape index (κ2) is 3.50. The standard InChI is InChI=1S/C15H10Cl/c1-10-5-4-8-13-14(10)9-11-6-2-3-7-12(11)15(13)16/h2-9H,1H2. The van der Waals surface area contributed by atoms with Crippen LogP contribution in [0.2, 0.25) is 5.02 Å². The molecule has 0 atom stereocenters. The lowest BCUT2D eigenvalue weighted by Crippen LogP contribution is -1.82. The Labute approximate surface area is 99.5 Å². The van der Waals surface area contributed by atoms with Crippen molar-refractivity contribution in [2.75, 3.05) is 0 Å². The third-order valence-corrected chi connectivity index (χ3v) is 3.34. The fraction of sp³-hybridized carbons (Fsp3) is 0. The molecule has 0 aliphatic heterocycles. The highest BCUT2D eigenvalue weighted by Crippen LogP contribution is 2.33. The van der Waals surface area contributed by atoms with Crippen molar-refractivity contribution in [2.24, 2.45) is 0 Å². The van der Waals surface area contributed by atoms with Gasteiger partial charge in [0, 0.05) is 10.8 Å². The lowest BCUT2D eigenvalue weighted by atomic mass is 10.0. The fourth-order valence-electron chi connectivity index (χ4n) is 2.10. The highest BCUT2D eigenvalue weighted by molar-refractivity contribution is 6.40. The molecule has 0 saturated heterocycles. The predicted molar refractivity (Wildman–Crippen MR) is 70.9 cm³/mol. The van der Waals surface area contributed by atoms with Gasteiger partial charge in [-0.3, -0.25) is 0 Å². The van der Waals surface area contributed by atoms with E-state index in [0.717, 1.165) is 32.1 Å². The molecule has 0 heterocycles. The van der Waals surface area contributed by atoms with Gasteiger partial charge in [-0.15, -0.1) is 0 Å². The summed E-state index contributed by atoms with van der Waals surface area (Å²) in [4.78, 5) is 0. The van der Waals surface area contributed by atoms with Gasteiger partial charge in [0.15, 0.2) is 0 Å². The Hall–Kier alpha value is -1.53. The summed E-state index contributed by atoms with van der Waals surface area (Å²) in [6.07, 6.45) is 0. The van der Waals surface area contributed by atoms with Crippen LogP contribution < -0.4 is 0 Å². The maximum atomic E-state index is 6.42. The van der Waals surface area contributed by atoms with E-state index in [4.69, 9.17) is 11.6 Å². The molecule has 0 aromatic heterocycles. The lowest BCUT2D eigenvalue weighted by Gasteiger charge is -2.07. The van der Waals surface area contributed by atoms with Gasteiger partial charge in [0.2, 0.25) is 0 Å². The highest BCUT2D eigenvalue weighted by atomic mass is 35.5. The summed E-state index contributed by atoms with van der Waals surface area (Å²) in [6.45, 7) is 4.04. The summed E-state index contributed by atoms with van der Waals surface area (Å²) in [5.74, 6) is 0. The van der Waals surface area contributed by atoms with Gasteiger partial charge in [0.1, 0.15) is 0 Å². The Balaban J connectivity index is 2.61. The van der Waals surface area contributed by atoms with Crippen molar-refractivity contribution in [3.05, 3.63) is 66.0 Å². The Kier molecular flexibility index (Phi) is 2.12. The van der Waals surface area contributed by atoms with E-state index in [0.29, 0.717) is 0 Å². The predicted octanol–water partition coefficient (Wildman–Crippen LogP) is 4.83. The first-order chi connectivity index (χ1) is 7.77. The van der Waals surface area contributed by atoms with Crippen molar-refractivity contribution >= 4 is 33.1 Å². The van der Waals surface area contributed by atoms with Gasteiger partial charge in [-0.25, -0.2) is 0 Å².